The minimum atomic E-state index is -4.02. The first kappa shape index (κ1) is 13.8. The molecule has 0 radical (unpaired) electrons. The van der Waals surface area contributed by atoms with Crippen LogP contribution in [0.25, 0.3) is 0 Å². The Hall–Kier alpha value is -0.290. The summed E-state index contributed by atoms with van der Waals surface area (Å²) >= 11 is 0. The maximum atomic E-state index is 11.9. The van der Waals surface area contributed by atoms with E-state index < -0.39 is 12.6 Å². The van der Waals surface area contributed by atoms with Crippen molar-refractivity contribution in [1.29, 1.82) is 0 Å². The number of nitrogens with one attached hydrogen (secondary N) is 1. The maximum absolute atomic E-state index is 11.9. The molecular formula is C11H20F3NO. The highest BCUT2D eigenvalue weighted by atomic mass is 19.4. The zero-order valence-corrected chi connectivity index (χ0v) is 9.81. The largest absolute Gasteiger partial charge is 0.389 e. The van der Waals surface area contributed by atoms with E-state index >= 15 is 0 Å². The van der Waals surface area contributed by atoms with E-state index in [1.165, 1.54) is 0 Å². The van der Waals surface area contributed by atoms with Crippen molar-refractivity contribution in [2.24, 2.45) is 0 Å². The SMILES string of the molecule is CC(CCCC(F)(F)F)NC1CCOC1C. The summed E-state index contributed by atoms with van der Waals surface area (Å²) < 4.78 is 41.2. The Bertz CT molecular complexity index is 208. The van der Waals surface area contributed by atoms with Crippen molar-refractivity contribution in [3.8, 4) is 0 Å². The second kappa shape index (κ2) is 5.87. The smallest absolute Gasteiger partial charge is 0.377 e. The molecule has 1 saturated heterocycles. The standard InChI is InChI=1S/C11H20F3NO/c1-8(4-3-6-11(12,13)14)15-10-5-7-16-9(10)2/h8-10,15H,3-7H2,1-2H3. The van der Waals surface area contributed by atoms with Crippen LogP contribution in [0, 0.1) is 0 Å². The highest BCUT2D eigenvalue weighted by Crippen LogP contribution is 2.23. The molecule has 0 spiro atoms. The molecule has 0 aromatic rings. The fraction of sp³-hybridized carbons (Fsp3) is 1.00. The van der Waals surface area contributed by atoms with Gasteiger partial charge in [0, 0.05) is 25.1 Å². The summed E-state index contributed by atoms with van der Waals surface area (Å²) in [5.74, 6) is 0. The summed E-state index contributed by atoms with van der Waals surface area (Å²) in [5, 5.41) is 3.32. The molecule has 1 fully saturated rings. The Kier molecular flexibility index (Phi) is 5.05. The van der Waals surface area contributed by atoms with Crippen molar-refractivity contribution >= 4 is 0 Å². The van der Waals surface area contributed by atoms with Gasteiger partial charge in [-0.25, -0.2) is 0 Å². The summed E-state index contributed by atoms with van der Waals surface area (Å²) in [7, 11) is 0. The average Bonchev–Trinajstić information content (AvgIpc) is 2.49. The molecule has 3 atom stereocenters. The van der Waals surface area contributed by atoms with Gasteiger partial charge in [0.1, 0.15) is 0 Å². The van der Waals surface area contributed by atoms with Crippen molar-refractivity contribution in [3.05, 3.63) is 0 Å². The van der Waals surface area contributed by atoms with E-state index in [9.17, 15) is 13.2 Å². The lowest BCUT2D eigenvalue weighted by Crippen LogP contribution is -2.40. The van der Waals surface area contributed by atoms with Crippen LogP contribution in [0.15, 0.2) is 0 Å². The van der Waals surface area contributed by atoms with E-state index in [1.54, 1.807) is 0 Å². The van der Waals surface area contributed by atoms with Gasteiger partial charge in [0.15, 0.2) is 0 Å². The highest BCUT2D eigenvalue weighted by Gasteiger charge is 2.28. The Morgan fingerprint density at radius 3 is 2.62 bits per heavy atom. The molecule has 1 rings (SSSR count). The van der Waals surface area contributed by atoms with Gasteiger partial charge in [-0.2, -0.15) is 13.2 Å². The van der Waals surface area contributed by atoms with Gasteiger partial charge in [-0.15, -0.1) is 0 Å². The van der Waals surface area contributed by atoms with Crippen molar-refractivity contribution in [3.63, 3.8) is 0 Å². The lowest BCUT2D eigenvalue weighted by molar-refractivity contribution is -0.135. The van der Waals surface area contributed by atoms with E-state index in [0.29, 0.717) is 12.5 Å². The van der Waals surface area contributed by atoms with Gasteiger partial charge in [-0.3, -0.25) is 0 Å². The Morgan fingerprint density at radius 2 is 2.12 bits per heavy atom. The molecular weight excluding hydrogens is 219 g/mol. The summed E-state index contributed by atoms with van der Waals surface area (Å²) in [6, 6.07) is 0.414. The van der Waals surface area contributed by atoms with Crippen LogP contribution in [0.1, 0.15) is 39.5 Å². The zero-order valence-electron chi connectivity index (χ0n) is 9.81. The predicted octanol–water partition coefficient (Wildman–Crippen LogP) is 2.87. The van der Waals surface area contributed by atoms with Crippen molar-refractivity contribution < 1.29 is 17.9 Å². The van der Waals surface area contributed by atoms with Gasteiger partial charge in [-0.05, 0) is 33.1 Å². The van der Waals surface area contributed by atoms with Gasteiger partial charge in [0.2, 0.25) is 0 Å². The zero-order chi connectivity index (χ0) is 12.2. The topological polar surface area (TPSA) is 21.3 Å². The van der Waals surface area contributed by atoms with E-state index in [4.69, 9.17) is 4.74 Å². The lowest BCUT2D eigenvalue weighted by Gasteiger charge is -2.21. The molecule has 0 aromatic carbocycles. The minimum Gasteiger partial charge on any atom is -0.377 e. The first-order valence-electron chi connectivity index (χ1n) is 5.83. The molecule has 1 N–H and O–H groups in total. The molecule has 0 amide bonds. The Balaban J connectivity index is 2.13. The second-order valence-corrected chi connectivity index (χ2v) is 4.55. The van der Waals surface area contributed by atoms with E-state index in [1.807, 2.05) is 13.8 Å². The molecule has 0 bridgehead atoms. The molecule has 2 nitrogen and oxygen atoms in total. The molecule has 1 aliphatic heterocycles. The first-order valence-corrected chi connectivity index (χ1v) is 5.83. The van der Waals surface area contributed by atoms with Crippen LogP contribution in [0.3, 0.4) is 0 Å². The predicted molar refractivity (Wildman–Crippen MR) is 56.3 cm³/mol. The molecule has 96 valence electrons. The van der Waals surface area contributed by atoms with Crippen LogP contribution in [-0.2, 0) is 4.74 Å². The van der Waals surface area contributed by atoms with Gasteiger partial charge in [-0.1, -0.05) is 0 Å². The Labute approximate surface area is 94.5 Å². The lowest BCUT2D eigenvalue weighted by atomic mass is 10.1. The third kappa shape index (κ3) is 5.16. The maximum Gasteiger partial charge on any atom is 0.389 e. The first-order chi connectivity index (χ1) is 7.38. The molecule has 5 heteroatoms. The molecule has 0 aromatic heterocycles. The molecule has 0 aliphatic carbocycles. The average molecular weight is 239 g/mol. The monoisotopic (exact) mass is 239 g/mol. The van der Waals surface area contributed by atoms with Crippen LogP contribution in [0.4, 0.5) is 13.2 Å². The fourth-order valence-corrected chi connectivity index (χ4v) is 2.01. The summed E-state index contributed by atoms with van der Waals surface area (Å²) in [4.78, 5) is 0. The third-order valence-electron chi connectivity index (χ3n) is 2.97. The van der Waals surface area contributed by atoms with E-state index in [2.05, 4.69) is 5.32 Å². The summed E-state index contributed by atoms with van der Waals surface area (Å²) in [6.07, 6.45) is -2.84. The molecule has 16 heavy (non-hydrogen) atoms. The van der Waals surface area contributed by atoms with E-state index in [0.717, 1.165) is 13.0 Å². The highest BCUT2D eigenvalue weighted by molar-refractivity contribution is 4.81. The molecule has 0 saturated carbocycles. The number of rotatable bonds is 5. The molecule has 1 aliphatic rings. The number of ether oxygens (including phenoxy) is 1. The number of hydrogen-bond donors (Lipinski definition) is 1. The van der Waals surface area contributed by atoms with Crippen LogP contribution in [0.5, 0.6) is 0 Å². The normalized spacial score (nSPS) is 28.3. The number of alkyl halides is 3. The van der Waals surface area contributed by atoms with Gasteiger partial charge >= 0.3 is 6.18 Å². The van der Waals surface area contributed by atoms with Crippen LogP contribution in [-0.4, -0.2) is 31.0 Å². The fourth-order valence-electron chi connectivity index (χ4n) is 2.01. The number of hydrogen-bond acceptors (Lipinski definition) is 2. The van der Waals surface area contributed by atoms with Gasteiger partial charge in [0.05, 0.1) is 6.10 Å². The quantitative estimate of drug-likeness (QED) is 0.796. The molecule has 1 heterocycles. The van der Waals surface area contributed by atoms with Gasteiger partial charge < -0.3 is 10.1 Å². The minimum absolute atomic E-state index is 0.122. The van der Waals surface area contributed by atoms with E-state index in [-0.39, 0.29) is 18.6 Å². The van der Waals surface area contributed by atoms with Crippen molar-refractivity contribution in [2.45, 2.75) is 63.9 Å². The van der Waals surface area contributed by atoms with Gasteiger partial charge in [0.25, 0.3) is 0 Å². The number of halogens is 3. The van der Waals surface area contributed by atoms with Crippen molar-refractivity contribution in [2.75, 3.05) is 6.61 Å². The Morgan fingerprint density at radius 1 is 1.44 bits per heavy atom. The summed E-state index contributed by atoms with van der Waals surface area (Å²) in [5.41, 5.74) is 0. The second-order valence-electron chi connectivity index (χ2n) is 4.55. The third-order valence-corrected chi connectivity index (χ3v) is 2.97. The van der Waals surface area contributed by atoms with Crippen LogP contribution >= 0.6 is 0 Å². The summed E-state index contributed by atoms with van der Waals surface area (Å²) in [6.45, 7) is 4.67. The van der Waals surface area contributed by atoms with Crippen LogP contribution in [0.2, 0.25) is 0 Å². The van der Waals surface area contributed by atoms with Crippen molar-refractivity contribution in [1.82, 2.24) is 5.32 Å². The molecule has 3 unspecified atom stereocenters. The van der Waals surface area contributed by atoms with Crippen LogP contribution < -0.4 is 5.32 Å².